The van der Waals surface area contributed by atoms with Gasteiger partial charge >= 0.3 is 29.6 Å². The maximum Gasteiger partial charge on any atom is 1.00 e. The summed E-state index contributed by atoms with van der Waals surface area (Å²) in [6.45, 7) is 2.23. The second kappa shape index (κ2) is 10.6. The molecular formula is C19H25NaO3S. The number of fused-ring (bicyclic) bond motifs is 1. The summed E-state index contributed by atoms with van der Waals surface area (Å²) < 4.78 is 33.2. The fourth-order valence-corrected chi connectivity index (χ4v) is 3.38. The van der Waals surface area contributed by atoms with Gasteiger partial charge in [-0.1, -0.05) is 69.7 Å². The molecule has 2 aromatic rings. The molecule has 0 aromatic heterocycles. The van der Waals surface area contributed by atoms with Crippen molar-refractivity contribution in [3.8, 4) is 0 Å². The second-order valence-electron chi connectivity index (χ2n) is 6.17. The van der Waals surface area contributed by atoms with Crippen LogP contribution in [0.1, 0.15) is 57.4 Å². The number of aryl methyl sites for hydroxylation is 1. The normalized spacial score (nSPS) is 11.4. The van der Waals surface area contributed by atoms with Gasteiger partial charge in [0.2, 0.25) is 0 Å². The third-order valence-corrected chi connectivity index (χ3v) is 5.07. The number of rotatable bonds is 9. The Balaban J connectivity index is 0.00000288. The monoisotopic (exact) mass is 356 g/mol. The van der Waals surface area contributed by atoms with E-state index < -0.39 is 10.1 Å². The Kier molecular flexibility index (Phi) is 9.53. The van der Waals surface area contributed by atoms with Gasteiger partial charge in [-0.15, -0.1) is 0 Å². The molecule has 2 aromatic carbocycles. The maximum atomic E-state index is 11.1. The third kappa shape index (κ3) is 6.85. The molecule has 0 amide bonds. The summed E-state index contributed by atoms with van der Waals surface area (Å²) in [6.07, 6.45) is 10.1. The minimum absolute atomic E-state index is 0. The van der Waals surface area contributed by atoms with Crippen molar-refractivity contribution in [3.05, 3.63) is 42.0 Å². The average Bonchev–Trinajstić information content (AvgIpc) is 2.52. The maximum absolute atomic E-state index is 11.1. The van der Waals surface area contributed by atoms with Crippen molar-refractivity contribution < 1.29 is 42.5 Å². The van der Waals surface area contributed by atoms with Gasteiger partial charge in [0.25, 0.3) is 0 Å². The summed E-state index contributed by atoms with van der Waals surface area (Å²) >= 11 is 0. The largest absolute Gasteiger partial charge is 1.00 e. The molecule has 0 N–H and O–H groups in total. The van der Waals surface area contributed by atoms with Crippen molar-refractivity contribution in [1.82, 2.24) is 0 Å². The van der Waals surface area contributed by atoms with Crippen molar-refractivity contribution in [3.63, 3.8) is 0 Å². The van der Waals surface area contributed by atoms with Gasteiger partial charge in [0.05, 0.1) is 4.90 Å². The molecule has 126 valence electrons. The van der Waals surface area contributed by atoms with Gasteiger partial charge in [-0.25, -0.2) is 8.42 Å². The van der Waals surface area contributed by atoms with Crippen LogP contribution in [0.2, 0.25) is 0 Å². The van der Waals surface area contributed by atoms with Crippen molar-refractivity contribution in [2.24, 2.45) is 0 Å². The fraction of sp³-hybridized carbons (Fsp3) is 0.474. The van der Waals surface area contributed by atoms with Crippen molar-refractivity contribution in [2.45, 2.75) is 63.2 Å². The van der Waals surface area contributed by atoms with E-state index in [9.17, 15) is 13.0 Å². The van der Waals surface area contributed by atoms with Crippen molar-refractivity contribution >= 4 is 20.9 Å². The molecular weight excluding hydrogens is 331 g/mol. The molecule has 0 atom stereocenters. The van der Waals surface area contributed by atoms with Gasteiger partial charge in [0.1, 0.15) is 10.1 Å². The first-order chi connectivity index (χ1) is 11.0. The first-order valence-electron chi connectivity index (χ1n) is 8.49. The molecule has 0 heterocycles. The summed E-state index contributed by atoms with van der Waals surface area (Å²) in [6, 6.07) is 10.6. The van der Waals surface area contributed by atoms with Gasteiger partial charge in [-0.3, -0.25) is 0 Å². The van der Waals surface area contributed by atoms with Crippen LogP contribution in [0.3, 0.4) is 0 Å². The molecule has 0 saturated heterocycles. The summed E-state index contributed by atoms with van der Waals surface area (Å²) in [5.74, 6) is 0. The molecule has 0 fully saturated rings. The van der Waals surface area contributed by atoms with E-state index in [-0.39, 0.29) is 34.5 Å². The second-order valence-corrected chi connectivity index (χ2v) is 7.55. The predicted octanol–water partition coefficient (Wildman–Crippen LogP) is 2.04. The first kappa shape index (κ1) is 21.7. The molecule has 0 unspecified atom stereocenters. The Morgan fingerprint density at radius 2 is 1.42 bits per heavy atom. The molecule has 0 bridgehead atoms. The van der Waals surface area contributed by atoms with Crippen LogP contribution in [0.5, 0.6) is 0 Å². The van der Waals surface area contributed by atoms with Gasteiger partial charge in [-0.05, 0) is 41.3 Å². The minimum atomic E-state index is -4.38. The first-order valence-corrected chi connectivity index (χ1v) is 9.90. The van der Waals surface area contributed by atoms with E-state index in [1.54, 1.807) is 6.07 Å². The van der Waals surface area contributed by atoms with E-state index in [1.807, 2.05) is 12.1 Å². The number of benzene rings is 2. The average molecular weight is 356 g/mol. The van der Waals surface area contributed by atoms with E-state index in [2.05, 4.69) is 13.0 Å². The Morgan fingerprint density at radius 1 is 0.833 bits per heavy atom. The molecule has 0 spiro atoms. The van der Waals surface area contributed by atoms with Crippen LogP contribution < -0.4 is 29.6 Å². The van der Waals surface area contributed by atoms with Crippen LogP contribution in [0.15, 0.2) is 41.3 Å². The number of unbranched alkanes of at least 4 members (excludes halogenated alkanes) is 6. The zero-order valence-corrected chi connectivity index (χ0v) is 17.6. The zero-order chi connectivity index (χ0) is 16.7. The smallest absolute Gasteiger partial charge is 0.744 e. The summed E-state index contributed by atoms with van der Waals surface area (Å²) in [7, 11) is -4.38. The Hall–Kier alpha value is -0.390. The molecule has 0 radical (unpaired) electrons. The molecule has 0 aliphatic rings. The minimum Gasteiger partial charge on any atom is -0.744 e. The molecule has 0 saturated carbocycles. The van der Waals surface area contributed by atoms with Gasteiger partial charge in [0.15, 0.2) is 0 Å². The number of hydrogen-bond donors (Lipinski definition) is 0. The number of hydrogen-bond acceptors (Lipinski definition) is 3. The van der Waals surface area contributed by atoms with Crippen LogP contribution in [-0.4, -0.2) is 13.0 Å². The van der Waals surface area contributed by atoms with Crippen LogP contribution in [0.4, 0.5) is 0 Å². The molecule has 2 rings (SSSR count). The predicted molar refractivity (Wildman–Crippen MR) is 93.6 cm³/mol. The Labute approximate surface area is 167 Å². The Morgan fingerprint density at radius 3 is 2.08 bits per heavy atom. The van der Waals surface area contributed by atoms with Crippen molar-refractivity contribution in [1.29, 1.82) is 0 Å². The third-order valence-electron chi connectivity index (χ3n) is 4.23. The van der Waals surface area contributed by atoms with Gasteiger partial charge < -0.3 is 4.55 Å². The SMILES string of the molecule is CCCCCCCCCc1ccc2cc(S(=O)(=O)[O-])ccc2c1.[Na+]. The fourth-order valence-electron chi connectivity index (χ4n) is 2.87. The van der Waals surface area contributed by atoms with Crippen molar-refractivity contribution in [2.75, 3.05) is 0 Å². The van der Waals surface area contributed by atoms with E-state index >= 15 is 0 Å². The molecule has 0 aliphatic heterocycles. The quantitative estimate of drug-likeness (QED) is 0.392. The summed E-state index contributed by atoms with van der Waals surface area (Å²) in [5, 5.41) is 1.78. The zero-order valence-electron chi connectivity index (χ0n) is 14.8. The van der Waals surface area contributed by atoms with Gasteiger partial charge in [0, 0.05) is 0 Å². The van der Waals surface area contributed by atoms with E-state index in [0.29, 0.717) is 0 Å². The summed E-state index contributed by atoms with van der Waals surface area (Å²) in [5.41, 5.74) is 1.27. The Bertz CT molecular complexity index is 741. The standard InChI is InChI=1S/C19H26O3S.Na/c1-2-3-4-5-6-7-8-9-16-10-11-18-15-19(23(20,21)22)13-12-17(18)14-16;/h10-15H,2-9H2,1H3,(H,20,21,22);/q;+1/p-1. The van der Waals surface area contributed by atoms with Crippen LogP contribution in [0, 0.1) is 0 Å². The van der Waals surface area contributed by atoms with Gasteiger partial charge in [-0.2, -0.15) is 0 Å². The molecule has 24 heavy (non-hydrogen) atoms. The van der Waals surface area contributed by atoms with Crippen LogP contribution >= 0.6 is 0 Å². The molecule has 3 nitrogen and oxygen atoms in total. The topological polar surface area (TPSA) is 57.2 Å². The van der Waals surface area contributed by atoms with E-state index in [0.717, 1.165) is 17.2 Å². The van der Waals surface area contributed by atoms with Crippen LogP contribution in [-0.2, 0) is 16.5 Å². The molecule has 0 aliphatic carbocycles. The van der Waals surface area contributed by atoms with Crippen LogP contribution in [0.25, 0.3) is 10.8 Å². The van der Waals surface area contributed by atoms with E-state index in [4.69, 9.17) is 0 Å². The summed E-state index contributed by atoms with van der Waals surface area (Å²) in [4.78, 5) is -0.162. The van der Waals surface area contributed by atoms with E-state index in [1.165, 1.54) is 62.6 Å². The molecule has 5 heteroatoms.